The summed E-state index contributed by atoms with van der Waals surface area (Å²) in [4.78, 5) is 11.8. The van der Waals surface area contributed by atoms with E-state index in [1.807, 2.05) is 0 Å². The first-order chi connectivity index (χ1) is 8.22. The standard InChI is InChI=1S/C12H16ClN3O/c1-2-6-16-12(17)11(13)10(8-15-16)14-7-9-4-3-5-9/h2,8-9,14H,1,3-7H2. The van der Waals surface area contributed by atoms with Crippen molar-refractivity contribution >= 4 is 17.3 Å². The molecule has 92 valence electrons. The third kappa shape index (κ3) is 2.69. The molecule has 1 saturated carbocycles. The molecule has 1 aromatic heterocycles. The van der Waals surface area contributed by atoms with E-state index in [9.17, 15) is 4.79 Å². The Bertz CT molecular complexity index is 465. The zero-order valence-corrected chi connectivity index (χ0v) is 10.4. The first kappa shape index (κ1) is 12.2. The van der Waals surface area contributed by atoms with Crippen molar-refractivity contribution in [3.63, 3.8) is 0 Å². The molecule has 1 fully saturated rings. The second kappa shape index (κ2) is 5.36. The highest BCUT2D eigenvalue weighted by atomic mass is 35.5. The normalized spacial score (nSPS) is 15.4. The Morgan fingerprint density at radius 2 is 2.41 bits per heavy atom. The first-order valence-corrected chi connectivity index (χ1v) is 6.20. The molecule has 1 N–H and O–H groups in total. The van der Waals surface area contributed by atoms with E-state index in [1.54, 1.807) is 12.3 Å². The molecular formula is C12H16ClN3O. The van der Waals surface area contributed by atoms with Gasteiger partial charge in [-0.15, -0.1) is 6.58 Å². The van der Waals surface area contributed by atoms with Crippen molar-refractivity contribution in [3.8, 4) is 0 Å². The Morgan fingerprint density at radius 1 is 1.65 bits per heavy atom. The monoisotopic (exact) mass is 253 g/mol. The van der Waals surface area contributed by atoms with Gasteiger partial charge in [0.25, 0.3) is 5.56 Å². The van der Waals surface area contributed by atoms with E-state index in [0.29, 0.717) is 18.2 Å². The van der Waals surface area contributed by atoms with Crippen LogP contribution >= 0.6 is 11.6 Å². The van der Waals surface area contributed by atoms with Crippen LogP contribution in [-0.4, -0.2) is 16.3 Å². The predicted molar refractivity (Wildman–Crippen MR) is 69.5 cm³/mol. The van der Waals surface area contributed by atoms with Gasteiger partial charge in [-0.05, 0) is 18.8 Å². The minimum atomic E-state index is -0.273. The fourth-order valence-electron chi connectivity index (χ4n) is 1.79. The topological polar surface area (TPSA) is 46.9 Å². The molecule has 0 bridgehead atoms. The molecule has 1 aromatic rings. The molecule has 0 saturated heterocycles. The van der Waals surface area contributed by atoms with E-state index >= 15 is 0 Å². The van der Waals surface area contributed by atoms with Crippen LogP contribution in [-0.2, 0) is 6.54 Å². The average molecular weight is 254 g/mol. The lowest BCUT2D eigenvalue weighted by molar-refractivity contribution is 0.333. The fourth-order valence-corrected chi connectivity index (χ4v) is 2.01. The van der Waals surface area contributed by atoms with Gasteiger partial charge in [-0.25, -0.2) is 4.68 Å². The molecule has 0 unspecified atom stereocenters. The van der Waals surface area contributed by atoms with Gasteiger partial charge in [0.1, 0.15) is 5.02 Å². The first-order valence-electron chi connectivity index (χ1n) is 5.82. The van der Waals surface area contributed by atoms with Crippen LogP contribution in [0, 0.1) is 5.92 Å². The van der Waals surface area contributed by atoms with Crippen LogP contribution in [0.2, 0.25) is 5.02 Å². The van der Waals surface area contributed by atoms with Gasteiger partial charge in [-0.3, -0.25) is 4.79 Å². The van der Waals surface area contributed by atoms with Crippen LogP contribution in [0.4, 0.5) is 5.69 Å². The van der Waals surface area contributed by atoms with Crippen molar-refractivity contribution in [2.24, 2.45) is 5.92 Å². The molecule has 5 heteroatoms. The molecule has 4 nitrogen and oxygen atoms in total. The summed E-state index contributed by atoms with van der Waals surface area (Å²) in [7, 11) is 0. The molecule has 0 amide bonds. The SMILES string of the molecule is C=CCn1ncc(NCC2CCC2)c(Cl)c1=O. The van der Waals surface area contributed by atoms with Gasteiger partial charge in [0.15, 0.2) is 0 Å². The highest BCUT2D eigenvalue weighted by Gasteiger charge is 2.17. The van der Waals surface area contributed by atoms with Crippen molar-refractivity contribution in [1.29, 1.82) is 0 Å². The zero-order chi connectivity index (χ0) is 12.3. The van der Waals surface area contributed by atoms with E-state index in [4.69, 9.17) is 11.6 Å². The minimum absolute atomic E-state index is 0.209. The molecule has 0 radical (unpaired) electrons. The van der Waals surface area contributed by atoms with E-state index in [-0.39, 0.29) is 10.6 Å². The highest BCUT2D eigenvalue weighted by molar-refractivity contribution is 6.32. The van der Waals surface area contributed by atoms with E-state index in [2.05, 4.69) is 17.0 Å². The van der Waals surface area contributed by atoms with Gasteiger partial charge in [0.05, 0.1) is 18.4 Å². The lowest BCUT2D eigenvalue weighted by atomic mass is 9.85. The third-order valence-corrected chi connectivity index (χ3v) is 3.46. The number of allylic oxidation sites excluding steroid dienone is 1. The quantitative estimate of drug-likeness (QED) is 0.819. The summed E-state index contributed by atoms with van der Waals surface area (Å²) in [5.74, 6) is 0.710. The Balaban J connectivity index is 2.09. The Hall–Kier alpha value is -1.29. The van der Waals surface area contributed by atoms with Crippen LogP contribution in [0.15, 0.2) is 23.6 Å². The summed E-state index contributed by atoms with van der Waals surface area (Å²) in [5, 5.41) is 7.44. The Kier molecular flexibility index (Phi) is 3.84. The van der Waals surface area contributed by atoms with Crippen molar-refractivity contribution in [3.05, 3.63) is 34.2 Å². The summed E-state index contributed by atoms with van der Waals surface area (Å²) in [6.07, 6.45) is 7.04. The second-order valence-electron chi connectivity index (χ2n) is 4.33. The summed E-state index contributed by atoms with van der Waals surface area (Å²) in [5.41, 5.74) is 0.356. The second-order valence-corrected chi connectivity index (χ2v) is 4.70. The molecule has 1 heterocycles. The smallest absolute Gasteiger partial charge is 0.287 e. The van der Waals surface area contributed by atoms with E-state index in [0.717, 1.165) is 6.54 Å². The molecule has 0 aliphatic heterocycles. The van der Waals surface area contributed by atoms with Gasteiger partial charge < -0.3 is 5.32 Å². The maximum absolute atomic E-state index is 11.8. The van der Waals surface area contributed by atoms with E-state index < -0.39 is 0 Å². The van der Waals surface area contributed by atoms with Gasteiger partial charge in [-0.1, -0.05) is 24.1 Å². The van der Waals surface area contributed by atoms with Gasteiger partial charge in [-0.2, -0.15) is 5.10 Å². The number of nitrogens with one attached hydrogen (secondary N) is 1. The van der Waals surface area contributed by atoms with E-state index in [1.165, 1.54) is 23.9 Å². The third-order valence-electron chi connectivity index (χ3n) is 3.09. The maximum Gasteiger partial charge on any atom is 0.287 e. The average Bonchev–Trinajstić information content (AvgIpc) is 2.26. The summed E-state index contributed by atoms with van der Waals surface area (Å²) >= 11 is 6.01. The number of rotatable bonds is 5. The number of hydrogen-bond acceptors (Lipinski definition) is 3. The zero-order valence-electron chi connectivity index (χ0n) is 9.66. The molecule has 17 heavy (non-hydrogen) atoms. The number of anilines is 1. The molecule has 2 rings (SSSR count). The number of halogens is 1. The predicted octanol–water partition coefficient (Wildman–Crippen LogP) is 2.29. The highest BCUT2D eigenvalue weighted by Crippen LogP contribution is 2.27. The summed E-state index contributed by atoms with van der Waals surface area (Å²) < 4.78 is 1.30. The van der Waals surface area contributed by atoms with Crippen LogP contribution < -0.4 is 10.9 Å². The van der Waals surface area contributed by atoms with Crippen LogP contribution in [0.1, 0.15) is 19.3 Å². The fraction of sp³-hybridized carbons (Fsp3) is 0.500. The molecule has 0 atom stereocenters. The van der Waals surface area contributed by atoms with Crippen LogP contribution in [0.3, 0.4) is 0 Å². The molecular weight excluding hydrogens is 238 g/mol. The summed E-state index contributed by atoms with van der Waals surface area (Å²) in [6, 6.07) is 0. The van der Waals surface area contributed by atoms with Gasteiger partial charge in [0, 0.05) is 6.54 Å². The number of nitrogens with zero attached hydrogens (tertiary/aromatic N) is 2. The largest absolute Gasteiger partial charge is 0.382 e. The van der Waals surface area contributed by atoms with Crippen molar-refractivity contribution in [2.45, 2.75) is 25.8 Å². The van der Waals surface area contributed by atoms with Crippen molar-refractivity contribution in [1.82, 2.24) is 9.78 Å². The summed E-state index contributed by atoms with van der Waals surface area (Å²) in [6.45, 7) is 4.81. The Labute approximate surface area is 105 Å². The minimum Gasteiger partial charge on any atom is -0.382 e. The molecule has 1 aliphatic rings. The van der Waals surface area contributed by atoms with Gasteiger partial charge in [0.2, 0.25) is 0 Å². The molecule has 1 aliphatic carbocycles. The van der Waals surface area contributed by atoms with Crippen LogP contribution in [0.5, 0.6) is 0 Å². The maximum atomic E-state index is 11.8. The van der Waals surface area contributed by atoms with Crippen LogP contribution in [0.25, 0.3) is 0 Å². The molecule has 0 spiro atoms. The Morgan fingerprint density at radius 3 is 3.00 bits per heavy atom. The lowest BCUT2D eigenvalue weighted by Gasteiger charge is -2.25. The van der Waals surface area contributed by atoms with Crippen molar-refractivity contribution < 1.29 is 0 Å². The number of hydrogen-bond donors (Lipinski definition) is 1. The number of aromatic nitrogens is 2. The van der Waals surface area contributed by atoms with Crippen molar-refractivity contribution in [2.75, 3.05) is 11.9 Å². The van der Waals surface area contributed by atoms with Gasteiger partial charge >= 0.3 is 0 Å². The lowest BCUT2D eigenvalue weighted by Crippen LogP contribution is -2.26. The molecule has 0 aromatic carbocycles.